The topological polar surface area (TPSA) is 83.3 Å². The van der Waals surface area contributed by atoms with E-state index in [2.05, 4.69) is 36.4 Å². The summed E-state index contributed by atoms with van der Waals surface area (Å²) in [5.74, 6) is 0.916. The van der Waals surface area contributed by atoms with Gasteiger partial charge in [-0.1, -0.05) is 28.8 Å². The zero-order chi connectivity index (χ0) is 20.9. The second-order valence-corrected chi connectivity index (χ2v) is 9.14. The number of halogens is 1. The highest BCUT2D eigenvalue weighted by Gasteiger charge is 2.29. The van der Waals surface area contributed by atoms with Crippen LogP contribution in [-0.2, 0) is 0 Å². The Morgan fingerprint density at radius 3 is 2.57 bits per heavy atom. The van der Waals surface area contributed by atoms with Crippen molar-refractivity contribution in [3.63, 3.8) is 0 Å². The van der Waals surface area contributed by atoms with Gasteiger partial charge in [-0.05, 0) is 49.9 Å². The molecule has 1 saturated heterocycles. The zero-order valence-corrected chi connectivity index (χ0v) is 18.6. The third kappa shape index (κ3) is 5.29. The van der Waals surface area contributed by atoms with E-state index >= 15 is 0 Å². The Morgan fingerprint density at radius 2 is 1.83 bits per heavy atom. The van der Waals surface area contributed by atoms with Gasteiger partial charge < -0.3 is 15.5 Å². The van der Waals surface area contributed by atoms with E-state index in [9.17, 15) is 10.1 Å². The molecule has 0 spiro atoms. The number of non-ortho nitro benzene ring substituents is 1. The molecule has 1 aliphatic carbocycles. The third-order valence-electron chi connectivity index (χ3n) is 6.12. The summed E-state index contributed by atoms with van der Waals surface area (Å²) in [4.78, 5) is 17.4. The van der Waals surface area contributed by atoms with Crippen LogP contribution in [0.2, 0.25) is 0 Å². The van der Waals surface area contributed by atoms with Gasteiger partial charge in [0.15, 0.2) is 0 Å². The van der Waals surface area contributed by atoms with Gasteiger partial charge in [0.25, 0.3) is 5.69 Å². The van der Waals surface area contributed by atoms with Gasteiger partial charge in [-0.15, -0.1) is 0 Å². The predicted octanol–water partition coefficient (Wildman–Crippen LogP) is 4.73. The average molecular weight is 474 g/mol. The van der Waals surface area contributed by atoms with Crippen LogP contribution >= 0.6 is 15.9 Å². The molecule has 1 aromatic heterocycles. The van der Waals surface area contributed by atoms with E-state index in [0.29, 0.717) is 18.1 Å². The summed E-state index contributed by atoms with van der Waals surface area (Å²) in [5.41, 5.74) is 1.20. The van der Waals surface area contributed by atoms with Crippen molar-refractivity contribution in [2.75, 3.05) is 23.3 Å². The molecule has 2 aliphatic rings. The van der Waals surface area contributed by atoms with Gasteiger partial charge in [0.05, 0.1) is 4.92 Å². The molecule has 7 nitrogen and oxygen atoms in total. The molecular formula is C22H28BrN5O2. The van der Waals surface area contributed by atoms with Crippen molar-refractivity contribution in [3.05, 3.63) is 57.2 Å². The molecular weight excluding hydrogens is 446 g/mol. The standard InChI is InChI=1S/C22H28BrN5O2/c23-16-11-12-24-22(14-16)26-21-6-2-1-5-20(21)25-17-4-3-13-27(15-17)18-7-9-19(10-8-18)28(29)30/h7-12,14,17,20-21,25H,1-6,13,15H2,(H,24,26)/t17-,20?,21?/m0/s1. The number of hydrogen-bond acceptors (Lipinski definition) is 6. The molecule has 0 amide bonds. The molecule has 2 heterocycles. The zero-order valence-electron chi connectivity index (χ0n) is 17.0. The maximum Gasteiger partial charge on any atom is 0.269 e. The molecule has 2 N–H and O–H groups in total. The van der Waals surface area contributed by atoms with Crippen LogP contribution in [0, 0.1) is 10.1 Å². The molecule has 0 radical (unpaired) electrons. The van der Waals surface area contributed by atoms with Crippen molar-refractivity contribution in [1.82, 2.24) is 10.3 Å². The summed E-state index contributed by atoms with van der Waals surface area (Å²) in [6.07, 6.45) is 8.89. The molecule has 2 unspecified atom stereocenters. The first-order valence-electron chi connectivity index (χ1n) is 10.7. The van der Waals surface area contributed by atoms with Crippen molar-refractivity contribution < 1.29 is 4.92 Å². The van der Waals surface area contributed by atoms with Crippen LogP contribution in [0.5, 0.6) is 0 Å². The predicted molar refractivity (Wildman–Crippen MR) is 123 cm³/mol. The number of hydrogen-bond donors (Lipinski definition) is 2. The largest absolute Gasteiger partial charge is 0.370 e. The fourth-order valence-electron chi connectivity index (χ4n) is 4.61. The Labute approximate surface area is 185 Å². The van der Waals surface area contributed by atoms with E-state index in [1.165, 1.54) is 19.3 Å². The maximum absolute atomic E-state index is 10.9. The summed E-state index contributed by atoms with van der Waals surface area (Å²) in [6, 6.07) is 12.1. The quantitative estimate of drug-likeness (QED) is 0.465. The molecule has 160 valence electrons. The molecule has 2 aromatic rings. The van der Waals surface area contributed by atoms with E-state index in [-0.39, 0.29) is 10.6 Å². The molecule has 30 heavy (non-hydrogen) atoms. The second-order valence-electron chi connectivity index (χ2n) is 8.23. The van der Waals surface area contributed by atoms with E-state index in [1.807, 2.05) is 30.5 Å². The van der Waals surface area contributed by atoms with Gasteiger partial charge in [0, 0.05) is 59.7 Å². The van der Waals surface area contributed by atoms with Crippen LogP contribution in [-0.4, -0.2) is 41.1 Å². The number of nitrogens with zero attached hydrogens (tertiary/aromatic N) is 3. The number of nitrogens with one attached hydrogen (secondary N) is 2. The molecule has 2 fully saturated rings. The first-order valence-corrected chi connectivity index (χ1v) is 11.5. The number of piperidine rings is 1. The lowest BCUT2D eigenvalue weighted by Crippen LogP contribution is -2.54. The van der Waals surface area contributed by atoms with Crippen LogP contribution in [0.25, 0.3) is 0 Å². The summed E-state index contributed by atoms with van der Waals surface area (Å²) < 4.78 is 1.03. The number of rotatable bonds is 6. The first kappa shape index (κ1) is 21.1. The lowest BCUT2D eigenvalue weighted by atomic mass is 9.89. The number of nitro groups is 1. The molecule has 1 saturated carbocycles. The maximum atomic E-state index is 10.9. The fourth-order valence-corrected chi connectivity index (χ4v) is 4.95. The van der Waals surface area contributed by atoms with Crippen molar-refractivity contribution in [2.45, 2.75) is 56.7 Å². The summed E-state index contributed by atoms with van der Waals surface area (Å²) in [6.45, 7) is 1.92. The number of benzene rings is 1. The molecule has 8 heteroatoms. The molecule has 1 aliphatic heterocycles. The van der Waals surface area contributed by atoms with Crippen LogP contribution in [0.3, 0.4) is 0 Å². The second kappa shape index (κ2) is 9.75. The molecule has 3 atom stereocenters. The minimum absolute atomic E-state index is 0.141. The highest BCUT2D eigenvalue weighted by atomic mass is 79.9. The lowest BCUT2D eigenvalue weighted by molar-refractivity contribution is -0.384. The molecule has 1 aromatic carbocycles. The van der Waals surface area contributed by atoms with Crippen LogP contribution < -0.4 is 15.5 Å². The average Bonchev–Trinajstić information content (AvgIpc) is 2.75. The highest BCUT2D eigenvalue weighted by Crippen LogP contribution is 2.26. The fraction of sp³-hybridized carbons (Fsp3) is 0.500. The number of pyridine rings is 1. The Kier molecular flexibility index (Phi) is 6.84. The Morgan fingerprint density at radius 1 is 1.07 bits per heavy atom. The lowest BCUT2D eigenvalue weighted by Gasteiger charge is -2.40. The Bertz CT molecular complexity index is 863. The van der Waals surface area contributed by atoms with Crippen LogP contribution in [0.4, 0.5) is 17.2 Å². The van der Waals surface area contributed by atoms with Crippen molar-refractivity contribution >= 4 is 33.1 Å². The van der Waals surface area contributed by atoms with Gasteiger partial charge in [-0.2, -0.15) is 0 Å². The monoisotopic (exact) mass is 473 g/mol. The number of nitro benzene ring substituents is 1. The normalized spacial score (nSPS) is 24.4. The highest BCUT2D eigenvalue weighted by molar-refractivity contribution is 9.10. The van der Waals surface area contributed by atoms with E-state index in [1.54, 1.807) is 12.1 Å². The number of aromatic nitrogens is 1. The van der Waals surface area contributed by atoms with E-state index in [0.717, 1.165) is 48.3 Å². The van der Waals surface area contributed by atoms with Crippen LogP contribution in [0.15, 0.2) is 47.1 Å². The van der Waals surface area contributed by atoms with Gasteiger partial charge in [0.1, 0.15) is 5.82 Å². The van der Waals surface area contributed by atoms with E-state index in [4.69, 9.17) is 0 Å². The minimum Gasteiger partial charge on any atom is -0.370 e. The van der Waals surface area contributed by atoms with Gasteiger partial charge in [0.2, 0.25) is 0 Å². The molecule has 4 rings (SSSR count). The van der Waals surface area contributed by atoms with Crippen LogP contribution in [0.1, 0.15) is 38.5 Å². The molecule has 0 bridgehead atoms. The first-order chi connectivity index (χ1) is 14.6. The summed E-state index contributed by atoms with van der Waals surface area (Å²) in [7, 11) is 0. The smallest absolute Gasteiger partial charge is 0.269 e. The Hall–Kier alpha value is -2.19. The summed E-state index contributed by atoms with van der Waals surface area (Å²) in [5, 5.41) is 18.5. The SMILES string of the molecule is O=[N+]([O-])c1ccc(N2CCC[C@H](NC3CCCCC3Nc3cc(Br)ccn3)C2)cc1. The van der Waals surface area contributed by atoms with Gasteiger partial charge in [-0.25, -0.2) is 4.98 Å². The Balaban J connectivity index is 1.38. The van der Waals surface area contributed by atoms with Crippen molar-refractivity contribution in [2.24, 2.45) is 0 Å². The summed E-state index contributed by atoms with van der Waals surface area (Å²) >= 11 is 3.52. The van der Waals surface area contributed by atoms with Gasteiger partial charge >= 0.3 is 0 Å². The number of anilines is 2. The van der Waals surface area contributed by atoms with Crippen molar-refractivity contribution in [1.29, 1.82) is 0 Å². The van der Waals surface area contributed by atoms with Gasteiger partial charge in [-0.3, -0.25) is 10.1 Å². The minimum atomic E-state index is -0.347. The third-order valence-corrected chi connectivity index (χ3v) is 6.61. The van der Waals surface area contributed by atoms with Crippen molar-refractivity contribution in [3.8, 4) is 0 Å². The van der Waals surface area contributed by atoms with E-state index < -0.39 is 0 Å².